The molecule has 1 aromatic heterocycles. The summed E-state index contributed by atoms with van der Waals surface area (Å²) >= 11 is 0. The van der Waals surface area contributed by atoms with Crippen molar-refractivity contribution >= 4 is 29.0 Å². The van der Waals surface area contributed by atoms with Crippen LogP contribution in [-0.4, -0.2) is 34.6 Å². The van der Waals surface area contributed by atoms with Gasteiger partial charge in [0.15, 0.2) is 0 Å². The first-order valence-corrected chi connectivity index (χ1v) is 9.67. The molecular weight excluding hydrogens is 473 g/mol. The van der Waals surface area contributed by atoms with E-state index in [9.17, 15) is 37.7 Å². The van der Waals surface area contributed by atoms with Gasteiger partial charge in [-0.1, -0.05) is 0 Å². The summed E-state index contributed by atoms with van der Waals surface area (Å²) in [6, 6.07) is 10.00. The third-order valence-electron chi connectivity index (χ3n) is 4.51. The van der Waals surface area contributed by atoms with Crippen LogP contribution in [0.4, 0.5) is 24.5 Å². The quantitative estimate of drug-likeness (QED) is 0.222. The molecule has 0 atom stereocenters. The molecule has 35 heavy (non-hydrogen) atoms. The van der Waals surface area contributed by atoms with Gasteiger partial charge in [-0.25, -0.2) is 0 Å². The Morgan fingerprint density at radius 2 is 1.69 bits per heavy atom. The maximum atomic E-state index is 13.1. The fourth-order valence-electron chi connectivity index (χ4n) is 2.86. The van der Waals surface area contributed by atoms with Crippen LogP contribution in [-0.2, 0) is 11.0 Å². The topological polar surface area (TPSA) is 141 Å². The summed E-state index contributed by atoms with van der Waals surface area (Å²) in [7, 11) is 1.44. The van der Waals surface area contributed by atoms with E-state index in [-0.39, 0.29) is 22.8 Å². The number of anilines is 1. The molecule has 2 aromatic carbocycles. The second kappa shape index (κ2) is 9.99. The van der Waals surface area contributed by atoms with Crippen molar-refractivity contribution in [1.29, 1.82) is 0 Å². The van der Waals surface area contributed by atoms with E-state index < -0.39 is 45.6 Å². The maximum absolute atomic E-state index is 13.1. The normalized spacial score (nSPS) is 10.9. The Kier molecular flexibility index (Phi) is 7.08. The predicted octanol–water partition coefficient (Wildman–Crippen LogP) is 3.98. The molecule has 0 saturated carbocycles. The van der Waals surface area contributed by atoms with E-state index in [1.807, 2.05) is 5.32 Å². The average molecular weight is 488 g/mol. The van der Waals surface area contributed by atoms with E-state index in [2.05, 4.69) is 10.3 Å². The minimum absolute atomic E-state index is 0.0893. The molecule has 0 saturated heterocycles. The maximum Gasteiger partial charge on any atom is 0.423 e. The van der Waals surface area contributed by atoms with Crippen LogP contribution in [0.25, 0.3) is 0 Å². The fraction of sp³-hybridized carbons (Fsp3) is 0.0909. The smallest absolute Gasteiger partial charge is 0.423 e. The van der Waals surface area contributed by atoms with Crippen LogP contribution < -0.4 is 15.4 Å². The molecule has 1 heterocycles. The lowest BCUT2D eigenvalue weighted by Gasteiger charge is -2.10. The number of nitro benzene ring substituents is 1. The monoisotopic (exact) mass is 488 g/mol. The number of pyridine rings is 1. The Balaban J connectivity index is 1.72. The van der Waals surface area contributed by atoms with E-state index in [0.29, 0.717) is 12.1 Å². The third kappa shape index (κ3) is 5.96. The first-order chi connectivity index (χ1) is 16.5. The summed E-state index contributed by atoms with van der Waals surface area (Å²) in [5.74, 6) is -2.17. The van der Waals surface area contributed by atoms with Gasteiger partial charge in [-0.2, -0.15) is 13.2 Å². The van der Waals surface area contributed by atoms with Crippen LogP contribution in [0.1, 0.15) is 26.4 Å². The van der Waals surface area contributed by atoms with Crippen molar-refractivity contribution < 1.29 is 37.2 Å². The van der Waals surface area contributed by atoms with Gasteiger partial charge in [-0.15, -0.1) is 0 Å². The number of amides is 2. The van der Waals surface area contributed by atoms with Crippen LogP contribution in [0, 0.1) is 10.1 Å². The van der Waals surface area contributed by atoms with Gasteiger partial charge in [0.05, 0.1) is 4.92 Å². The Labute approximate surface area is 194 Å². The number of alkyl halides is 3. The van der Waals surface area contributed by atoms with Crippen molar-refractivity contribution in [2.75, 3.05) is 12.4 Å². The zero-order valence-corrected chi connectivity index (χ0v) is 17.8. The fourth-order valence-corrected chi connectivity index (χ4v) is 2.86. The van der Waals surface area contributed by atoms with Gasteiger partial charge >= 0.3 is 6.18 Å². The molecule has 0 fully saturated rings. The first kappa shape index (κ1) is 24.8. The Morgan fingerprint density at radius 1 is 1.00 bits per heavy atom. The Morgan fingerprint density at radius 3 is 2.29 bits per heavy atom. The van der Waals surface area contributed by atoms with E-state index in [1.54, 1.807) is 0 Å². The molecule has 0 aliphatic rings. The van der Waals surface area contributed by atoms with Crippen LogP contribution in [0.15, 0.2) is 60.8 Å². The van der Waals surface area contributed by atoms with Gasteiger partial charge in [-0.3, -0.25) is 29.5 Å². The lowest BCUT2D eigenvalue weighted by Crippen LogP contribution is -2.23. The number of aromatic nitrogens is 1. The van der Waals surface area contributed by atoms with Gasteiger partial charge in [0.1, 0.15) is 22.8 Å². The molecule has 2 N–H and O–H groups in total. The number of hydrogen-bond acceptors (Lipinski definition) is 7. The third-order valence-corrected chi connectivity index (χ3v) is 4.51. The number of carbonyl (C=O) groups excluding carboxylic acids is 3. The number of halogens is 3. The molecule has 3 aromatic rings. The molecule has 10 nitrogen and oxygen atoms in total. The van der Waals surface area contributed by atoms with Gasteiger partial charge in [0.25, 0.3) is 23.3 Å². The van der Waals surface area contributed by atoms with Gasteiger partial charge in [0.2, 0.25) is 0 Å². The number of hydrogen-bond donors (Lipinski definition) is 2. The molecule has 2 amide bonds. The number of nitrogens with one attached hydrogen (secondary N) is 2. The lowest BCUT2D eigenvalue weighted by molar-refractivity contribution is -0.388. The van der Waals surface area contributed by atoms with Crippen molar-refractivity contribution in [2.24, 2.45) is 0 Å². The van der Waals surface area contributed by atoms with Crippen LogP contribution in [0.2, 0.25) is 0 Å². The van der Waals surface area contributed by atoms with E-state index in [0.717, 1.165) is 6.07 Å². The second-order valence-electron chi connectivity index (χ2n) is 6.85. The van der Waals surface area contributed by atoms with E-state index in [1.165, 1.54) is 49.6 Å². The summed E-state index contributed by atoms with van der Waals surface area (Å²) in [4.78, 5) is 49.8. The van der Waals surface area contributed by atoms with Gasteiger partial charge < -0.3 is 15.4 Å². The zero-order valence-electron chi connectivity index (χ0n) is 17.8. The summed E-state index contributed by atoms with van der Waals surface area (Å²) < 4.78 is 44.9. The van der Waals surface area contributed by atoms with Crippen LogP contribution >= 0.6 is 0 Å². The summed E-state index contributed by atoms with van der Waals surface area (Å²) in [5.41, 5.74) is -3.16. The van der Waals surface area contributed by atoms with Gasteiger partial charge in [-0.05, 0) is 42.5 Å². The number of benzene rings is 2. The Bertz CT molecular complexity index is 1310. The zero-order chi connectivity index (χ0) is 25.8. The molecule has 0 bridgehead atoms. The molecular formula is C22H15F3N4O6. The highest BCUT2D eigenvalue weighted by atomic mass is 19.4. The minimum atomic E-state index is -5.04. The second-order valence-corrected chi connectivity index (χ2v) is 6.85. The SMILES string of the molecule is CNC(=O)c1cc(Oc2ccc(C(=O)C(=O)Nc3ccc([N+](=O)[O-])c(C(F)(F)F)c3)cc2)ccn1. The highest BCUT2D eigenvalue weighted by Crippen LogP contribution is 2.37. The molecule has 0 unspecified atom stereocenters. The van der Waals surface area contributed by atoms with Crippen LogP contribution in [0.3, 0.4) is 0 Å². The van der Waals surface area contributed by atoms with E-state index in [4.69, 9.17) is 4.74 Å². The average Bonchev–Trinajstić information content (AvgIpc) is 2.83. The van der Waals surface area contributed by atoms with Crippen molar-refractivity contribution in [3.05, 3.63) is 87.7 Å². The largest absolute Gasteiger partial charge is 0.457 e. The highest BCUT2D eigenvalue weighted by molar-refractivity contribution is 6.46. The number of Topliss-reactive ketones (excluding diaryl/α,β-unsaturated/α-hetero) is 1. The van der Waals surface area contributed by atoms with Crippen molar-refractivity contribution in [2.45, 2.75) is 6.18 Å². The number of nitro groups is 1. The highest BCUT2D eigenvalue weighted by Gasteiger charge is 2.38. The summed E-state index contributed by atoms with van der Waals surface area (Å²) in [5, 5.41) is 15.3. The Hall–Kier alpha value is -4.81. The molecule has 0 spiro atoms. The molecule has 0 aliphatic heterocycles. The lowest BCUT2D eigenvalue weighted by atomic mass is 10.1. The molecule has 180 valence electrons. The van der Waals surface area contributed by atoms with Crippen LogP contribution in [0.5, 0.6) is 11.5 Å². The minimum Gasteiger partial charge on any atom is -0.457 e. The molecule has 0 radical (unpaired) electrons. The standard InChI is InChI=1S/C22H15F3N4O6/c1-26-20(31)17-11-15(8-9-27-17)35-14-5-2-12(3-6-14)19(30)21(32)28-13-4-7-18(29(33)34)16(10-13)22(23,24)25/h2-11H,1H3,(H,26,31)(H,28,32). The van der Waals surface area contributed by atoms with Crippen molar-refractivity contribution in [3.63, 3.8) is 0 Å². The number of carbonyl (C=O) groups is 3. The predicted molar refractivity (Wildman–Crippen MR) is 115 cm³/mol. The van der Waals surface area contributed by atoms with Crippen molar-refractivity contribution in [1.82, 2.24) is 10.3 Å². The number of rotatable bonds is 7. The summed E-state index contributed by atoms with van der Waals surface area (Å²) in [6.45, 7) is 0. The molecule has 13 heteroatoms. The number of ketones is 1. The number of nitrogens with zero attached hydrogens (tertiary/aromatic N) is 2. The van der Waals surface area contributed by atoms with Gasteiger partial charge in [0, 0.05) is 36.6 Å². The van der Waals surface area contributed by atoms with Crippen molar-refractivity contribution in [3.8, 4) is 11.5 Å². The first-order valence-electron chi connectivity index (χ1n) is 9.67. The van der Waals surface area contributed by atoms with E-state index >= 15 is 0 Å². The molecule has 3 rings (SSSR count). The number of ether oxygens (including phenoxy) is 1. The molecule has 0 aliphatic carbocycles. The summed E-state index contributed by atoms with van der Waals surface area (Å²) in [6.07, 6.45) is -3.68.